The molecule has 2 N–H and O–H groups in total. The standard InChI is InChI=1S/C20H22N4O3/c25-18(22-14-16-8-4-5-12-21-16)10-9-17-19(26)24(20(27)23-17)13-11-15-6-2-1-3-7-15/h1-8,12,17H,9-11,13-14H2,(H,22,25)(H,23,27). The van der Waals surface area contributed by atoms with Crippen molar-refractivity contribution in [3.63, 3.8) is 0 Å². The van der Waals surface area contributed by atoms with Crippen LogP contribution in [0.15, 0.2) is 54.7 Å². The highest BCUT2D eigenvalue weighted by Gasteiger charge is 2.37. The van der Waals surface area contributed by atoms with Gasteiger partial charge in [-0.15, -0.1) is 0 Å². The molecule has 2 aromatic rings. The third-order valence-electron chi connectivity index (χ3n) is 4.43. The molecule has 1 aromatic heterocycles. The first-order valence-electron chi connectivity index (χ1n) is 8.96. The van der Waals surface area contributed by atoms with E-state index in [1.807, 2.05) is 48.5 Å². The van der Waals surface area contributed by atoms with E-state index in [1.54, 1.807) is 6.20 Å². The number of hydrogen-bond acceptors (Lipinski definition) is 4. The molecule has 0 spiro atoms. The Balaban J connectivity index is 1.43. The zero-order chi connectivity index (χ0) is 19.1. The van der Waals surface area contributed by atoms with E-state index in [0.29, 0.717) is 19.5 Å². The third kappa shape index (κ3) is 5.13. The van der Waals surface area contributed by atoms with Crippen LogP contribution in [0.1, 0.15) is 24.1 Å². The van der Waals surface area contributed by atoms with E-state index in [0.717, 1.165) is 11.3 Å². The van der Waals surface area contributed by atoms with Crippen LogP contribution in [-0.2, 0) is 22.6 Å². The minimum Gasteiger partial charge on any atom is -0.350 e. The quantitative estimate of drug-likeness (QED) is 0.695. The summed E-state index contributed by atoms with van der Waals surface area (Å²) < 4.78 is 0. The second-order valence-electron chi connectivity index (χ2n) is 6.36. The molecule has 4 amide bonds. The molecule has 0 radical (unpaired) electrons. The average molecular weight is 366 g/mol. The van der Waals surface area contributed by atoms with Crippen molar-refractivity contribution in [1.82, 2.24) is 20.5 Å². The molecule has 1 aliphatic rings. The van der Waals surface area contributed by atoms with Crippen LogP contribution < -0.4 is 10.6 Å². The van der Waals surface area contributed by atoms with Gasteiger partial charge in [-0.2, -0.15) is 0 Å². The fraction of sp³-hybridized carbons (Fsp3) is 0.300. The van der Waals surface area contributed by atoms with Crippen molar-refractivity contribution in [2.24, 2.45) is 0 Å². The lowest BCUT2D eigenvalue weighted by atomic mass is 10.1. The van der Waals surface area contributed by atoms with Gasteiger partial charge >= 0.3 is 6.03 Å². The van der Waals surface area contributed by atoms with E-state index < -0.39 is 12.1 Å². The van der Waals surface area contributed by atoms with Gasteiger partial charge in [0.25, 0.3) is 5.91 Å². The Kier molecular flexibility index (Phi) is 6.14. The molecule has 1 saturated heterocycles. The summed E-state index contributed by atoms with van der Waals surface area (Å²) in [7, 11) is 0. The van der Waals surface area contributed by atoms with Gasteiger partial charge in [-0.25, -0.2) is 4.79 Å². The summed E-state index contributed by atoms with van der Waals surface area (Å²) in [6, 6.07) is 14.1. The largest absolute Gasteiger partial charge is 0.350 e. The lowest BCUT2D eigenvalue weighted by Gasteiger charge is -2.13. The van der Waals surface area contributed by atoms with Crippen LogP contribution in [0.25, 0.3) is 0 Å². The van der Waals surface area contributed by atoms with E-state index in [4.69, 9.17) is 0 Å². The first kappa shape index (κ1) is 18.6. The molecule has 1 fully saturated rings. The minimum atomic E-state index is -0.645. The summed E-state index contributed by atoms with van der Waals surface area (Å²) in [4.78, 5) is 41.8. The van der Waals surface area contributed by atoms with Gasteiger partial charge in [0.15, 0.2) is 0 Å². The van der Waals surface area contributed by atoms with Gasteiger partial charge in [0.2, 0.25) is 5.91 Å². The number of aromatic nitrogens is 1. The van der Waals surface area contributed by atoms with Gasteiger partial charge in [-0.3, -0.25) is 19.5 Å². The monoisotopic (exact) mass is 366 g/mol. The highest BCUT2D eigenvalue weighted by atomic mass is 16.2. The fourth-order valence-electron chi connectivity index (χ4n) is 2.93. The van der Waals surface area contributed by atoms with Gasteiger partial charge in [0, 0.05) is 19.2 Å². The predicted molar refractivity (Wildman–Crippen MR) is 99.5 cm³/mol. The van der Waals surface area contributed by atoms with Gasteiger partial charge in [-0.05, 0) is 30.5 Å². The van der Waals surface area contributed by atoms with Crippen LogP contribution in [0.4, 0.5) is 4.79 Å². The van der Waals surface area contributed by atoms with E-state index in [9.17, 15) is 14.4 Å². The second-order valence-corrected chi connectivity index (χ2v) is 6.36. The van der Waals surface area contributed by atoms with Gasteiger partial charge in [0.1, 0.15) is 6.04 Å². The third-order valence-corrected chi connectivity index (χ3v) is 4.43. The summed E-state index contributed by atoms with van der Waals surface area (Å²) in [6.07, 6.45) is 2.71. The van der Waals surface area contributed by atoms with Gasteiger partial charge < -0.3 is 10.6 Å². The minimum absolute atomic E-state index is 0.163. The molecule has 0 aliphatic carbocycles. The molecule has 2 heterocycles. The fourth-order valence-corrected chi connectivity index (χ4v) is 2.93. The number of hydrogen-bond donors (Lipinski definition) is 2. The molecule has 0 bridgehead atoms. The Morgan fingerprint density at radius 1 is 1.11 bits per heavy atom. The van der Waals surface area contributed by atoms with Crippen molar-refractivity contribution in [2.75, 3.05) is 6.54 Å². The zero-order valence-electron chi connectivity index (χ0n) is 14.9. The first-order chi connectivity index (χ1) is 13.1. The number of pyridine rings is 1. The molecule has 140 valence electrons. The highest BCUT2D eigenvalue weighted by Crippen LogP contribution is 2.12. The van der Waals surface area contributed by atoms with Crippen molar-refractivity contribution in [2.45, 2.75) is 31.8 Å². The average Bonchev–Trinajstić information content (AvgIpc) is 2.97. The molecule has 7 nitrogen and oxygen atoms in total. The van der Waals surface area contributed by atoms with Crippen LogP contribution >= 0.6 is 0 Å². The molecular weight excluding hydrogens is 344 g/mol. The van der Waals surface area contributed by atoms with Crippen molar-refractivity contribution in [3.05, 3.63) is 66.0 Å². The van der Waals surface area contributed by atoms with Crippen LogP contribution in [0, 0.1) is 0 Å². The van der Waals surface area contributed by atoms with Crippen molar-refractivity contribution in [3.8, 4) is 0 Å². The van der Waals surface area contributed by atoms with E-state index in [1.165, 1.54) is 4.90 Å². The van der Waals surface area contributed by atoms with Gasteiger partial charge in [0.05, 0.1) is 12.2 Å². The maximum atomic E-state index is 12.4. The number of carbonyl (C=O) groups excluding carboxylic acids is 3. The van der Waals surface area contributed by atoms with E-state index >= 15 is 0 Å². The lowest BCUT2D eigenvalue weighted by molar-refractivity contribution is -0.127. The smallest absolute Gasteiger partial charge is 0.324 e. The number of nitrogens with one attached hydrogen (secondary N) is 2. The number of nitrogens with zero attached hydrogens (tertiary/aromatic N) is 2. The Bertz CT molecular complexity index is 795. The van der Waals surface area contributed by atoms with Gasteiger partial charge in [-0.1, -0.05) is 36.4 Å². The number of urea groups is 1. The Morgan fingerprint density at radius 2 is 1.89 bits per heavy atom. The summed E-state index contributed by atoms with van der Waals surface area (Å²) >= 11 is 0. The molecule has 7 heteroatoms. The summed E-state index contributed by atoms with van der Waals surface area (Å²) in [5.41, 5.74) is 1.83. The topological polar surface area (TPSA) is 91.4 Å². The number of benzene rings is 1. The van der Waals surface area contributed by atoms with Crippen LogP contribution in [0.2, 0.25) is 0 Å². The van der Waals surface area contributed by atoms with E-state index in [2.05, 4.69) is 15.6 Å². The normalized spacial score (nSPS) is 16.3. The number of carbonyl (C=O) groups is 3. The highest BCUT2D eigenvalue weighted by molar-refractivity contribution is 6.04. The molecule has 1 aliphatic heterocycles. The second kappa shape index (κ2) is 8.93. The Hall–Kier alpha value is -3.22. The van der Waals surface area contributed by atoms with Crippen molar-refractivity contribution in [1.29, 1.82) is 0 Å². The molecule has 1 unspecified atom stereocenters. The van der Waals surface area contributed by atoms with Crippen LogP contribution in [0.3, 0.4) is 0 Å². The number of rotatable bonds is 8. The molecular formula is C20H22N4O3. The summed E-state index contributed by atoms with van der Waals surface area (Å²) in [5.74, 6) is -0.445. The Labute approximate surface area is 157 Å². The maximum Gasteiger partial charge on any atom is 0.324 e. The molecule has 0 saturated carbocycles. The molecule has 1 atom stereocenters. The first-order valence-corrected chi connectivity index (χ1v) is 8.96. The molecule has 3 rings (SSSR count). The maximum absolute atomic E-state index is 12.4. The number of imide groups is 1. The zero-order valence-corrected chi connectivity index (χ0v) is 14.9. The molecule has 27 heavy (non-hydrogen) atoms. The van der Waals surface area contributed by atoms with Crippen LogP contribution in [0.5, 0.6) is 0 Å². The Morgan fingerprint density at radius 3 is 2.63 bits per heavy atom. The van der Waals surface area contributed by atoms with E-state index in [-0.39, 0.29) is 24.7 Å². The van der Waals surface area contributed by atoms with Crippen molar-refractivity contribution >= 4 is 17.8 Å². The lowest BCUT2D eigenvalue weighted by Crippen LogP contribution is -2.34. The SMILES string of the molecule is O=C(CCC1NC(=O)N(CCc2ccccc2)C1=O)NCc1ccccn1. The molecule has 1 aromatic carbocycles. The predicted octanol–water partition coefficient (Wildman–Crippen LogP) is 1.64. The summed E-state index contributed by atoms with van der Waals surface area (Å²) in [6.45, 7) is 0.672. The summed E-state index contributed by atoms with van der Waals surface area (Å²) in [5, 5.41) is 5.43. The van der Waals surface area contributed by atoms with Crippen molar-refractivity contribution < 1.29 is 14.4 Å². The number of amides is 4. The van der Waals surface area contributed by atoms with Crippen LogP contribution in [-0.4, -0.2) is 40.3 Å².